The van der Waals surface area contributed by atoms with E-state index in [1.165, 1.54) is 13.3 Å². The number of carbonyl (C=O) groups is 1. The SMILES string of the molecule is COC(=O)COc1c(Br)cc2[nH]cc(O[C@@H]3O[C@H](CO)[C@@H](O)[C@H](O)[C@H]3O)c2c1Br. The lowest BCUT2D eigenvalue weighted by molar-refractivity contribution is -0.277. The highest BCUT2D eigenvalue weighted by molar-refractivity contribution is 9.11. The van der Waals surface area contributed by atoms with Gasteiger partial charge in [0.05, 0.1) is 33.6 Å². The van der Waals surface area contributed by atoms with Gasteiger partial charge in [-0.1, -0.05) is 0 Å². The number of aliphatic hydroxyl groups is 4. The molecular weight excluding hydrogens is 522 g/mol. The molecule has 0 spiro atoms. The van der Waals surface area contributed by atoms with Crippen molar-refractivity contribution in [2.75, 3.05) is 20.3 Å². The van der Waals surface area contributed by atoms with Gasteiger partial charge in [0.2, 0.25) is 6.29 Å². The van der Waals surface area contributed by atoms with Crippen molar-refractivity contribution in [1.29, 1.82) is 0 Å². The van der Waals surface area contributed by atoms with Gasteiger partial charge in [0.25, 0.3) is 0 Å². The fraction of sp³-hybridized carbons (Fsp3) is 0.471. The largest absolute Gasteiger partial charge is 0.480 e. The molecule has 12 heteroatoms. The Morgan fingerprint density at radius 2 is 1.97 bits per heavy atom. The number of carbonyl (C=O) groups excluding carboxylic acids is 1. The summed E-state index contributed by atoms with van der Waals surface area (Å²) in [4.78, 5) is 14.4. The molecule has 3 rings (SSSR count). The summed E-state index contributed by atoms with van der Waals surface area (Å²) in [5.41, 5.74) is 0.633. The van der Waals surface area contributed by atoms with Crippen molar-refractivity contribution in [2.24, 2.45) is 0 Å². The van der Waals surface area contributed by atoms with Gasteiger partial charge in [-0.25, -0.2) is 4.79 Å². The Morgan fingerprint density at radius 1 is 1.24 bits per heavy atom. The summed E-state index contributed by atoms with van der Waals surface area (Å²) >= 11 is 6.79. The molecule has 0 amide bonds. The first-order chi connectivity index (χ1) is 13.8. The molecule has 1 fully saturated rings. The summed E-state index contributed by atoms with van der Waals surface area (Å²) in [6.07, 6.45) is -5.54. The molecule has 29 heavy (non-hydrogen) atoms. The van der Waals surface area contributed by atoms with Crippen molar-refractivity contribution in [1.82, 2.24) is 4.98 Å². The first-order valence-electron chi connectivity index (χ1n) is 8.44. The minimum atomic E-state index is -1.56. The van der Waals surface area contributed by atoms with Crippen molar-refractivity contribution >= 4 is 48.7 Å². The molecule has 0 bridgehead atoms. The van der Waals surface area contributed by atoms with Gasteiger partial charge in [-0.05, 0) is 37.9 Å². The molecule has 2 aromatic rings. The zero-order valence-electron chi connectivity index (χ0n) is 15.0. The lowest BCUT2D eigenvalue weighted by atomic mass is 9.99. The van der Waals surface area contributed by atoms with Crippen LogP contribution in [0.25, 0.3) is 10.9 Å². The van der Waals surface area contributed by atoms with Crippen LogP contribution in [0.2, 0.25) is 0 Å². The van der Waals surface area contributed by atoms with Gasteiger partial charge < -0.3 is 44.4 Å². The molecule has 5 N–H and O–H groups in total. The van der Waals surface area contributed by atoms with Gasteiger partial charge in [-0.15, -0.1) is 0 Å². The number of halogens is 2. The van der Waals surface area contributed by atoms with E-state index in [0.29, 0.717) is 25.6 Å². The molecule has 0 saturated carbocycles. The second-order valence-corrected chi connectivity index (χ2v) is 7.90. The molecule has 0 radical (unpaired) electrons. The van der Waals surface area contributed by atoms with Crippen molar-refractivity contribution < 1.29 is 44.2 Å². The number of nitrogens with one attached hydrogen (secondary N) is 1. The third kappa shape index (κ3) is 4.38. The van der Waals surface area contributed by atoms with E-state index in [0.717, 1.165) is 0 Å². The summed E-state index contributed by atoms with van der Waals surface area (Å²) in [7, 11) is 1.25. The first kappa shape index (κ1) is 22.3. The summed E-state index contributed by atoms with van der Waals surface area (Å²) < 4.78 is 22.2. The van der Waals surface area contributed by atoms with Crippen LogP contribution in [-0.2, 0) is 14.3 Å². The number of aromatic amines is 1. The second kappa shape index (κ2) is 9.16. The maximum absolute atomic E-state index is 11.4. The normalized spacial score (nSPS) is 27.1. The van der Waals surface area contributed by atoms with E-state index in [2.05, 4.69) is 41.6 Å². The fourth-order valence-electron chi connectivity index (χ4n) is 2.88. The number of rotatable bonds is 6. The zero-order chi connectivity index (χ0) is 21.3. The topological polar surface area (TPSA) is 151 Å². The van der Waals surface area contributed by atoms with E-state index in [9.17, 15) is 25.2 Å². The average Bonchev–Trinajstić information content (AvgIpc) is 3.10. The molecule has 0 unspecified atom stereocenters. The fourth-order valence-corrected chi connectivity index (χ4v) is 4.42. The quantitative estimate of drug-likeness (QED) is 0.328. The Balaban J connectivity index is 1.91. The number of benzene rings is 1. The lowest BCUT2D eigenvalue weighted by Gasteiger charge is -2.39. The lowest BCUT2D eigenvalue weighted by Crippen LogP contribution is -2.60. The molecule has 1 saturated heterocycles. The van der Waals surface area contributed by atoms with Crippen molar-refractivity contribution in [3.05, 3.63) is 21.2 Å². The van der Waals surface area contributed by atoms with Crippen LogP contribution in [0, 0.1) is 0 Å². The Labute approximate surface area is 181 Å². The minimum Gasteiger partial charge on any atom is -0.480 e. The third-order valence-corrected chi connectivity index (χ3v) is 5.78. The van der Waals surface area contributed by atoms with Gasteiger partial charge >= 0.3 is 5.97 Å². The second-order valence-electron chi connectivity index (χ2n) is 6.26. The van der Waals surface area contributed by atoms with Crippen LogP contribution in [0.3, 0.4) is 0 Å². The molecule has 1 aliphatic rings. The standard InChI is InChI=1S/C17H19Br2NO9/c1-26-10(22)5-27-16-6(18)2-7-11(12(16)19)8(3-20-7)28-17-15(25)14(24)13(23)9(4-21)29-17/h2-3,9,13-15,17,20-21,23-25H,4-5H2,1H3/t9-,13-,14+,15-,17-/m1/s1. The Bertz CT molecular complexity index is 887. The smallest absolute Gasteiger partial charge is 0.343 e. The van der Waals surface area contributed by atoms with Gasteiger partial charge in [-0.3, -0.25) is 0 Å². The molecule has 5 atom stereocenters. The predicted molar refractivity (Wildman–Crippen MR) is 106 cm³/mol. The minimum absolute atomic E-state index is 0.242. The van der Waals surface area contributed by atoms with Crippen molar-refractivity contribution in [2.45, 2.75) is 30.7 Å². The van der Waals surface area contributed by atoms with E-state index < -0.39 is 43.3 Å². The van der Waals surface area contributed by atoms with Crippen LogP contribution >= 0.6 is 31.9 Å². The number of esters is 1. The molecule has 0 aliphatic carbocycles. The Hall–Kier alpha value is -1.41. The summed E-state index contributed by atoms with van der Waals surface area (Å²) in [6, 6.07) is 1.70. The van der Waals surface area contributed by atoms with E-state index in [4.69, 9.17) is 14.2 Å². The number of ether oxygens (including phenoxy) is 4. The first-order valence-corrected chi connectivity index (χ1v) is 10.0. The van der Waals surface area contributed by atoms with Crippen LogP contribution in [0.15, 0.2) is 21.2 Å². The van der Waals surface area contributed by atoms with E-state index >= 15 is 0 Å². The molecule has 1 aromatic carbocycles. The molecule has 1 aliphatic heterocycles. The van der Waals surface area contributed by atoms with E-state index in [1.54, 1.807) is 6.07 Å². The van der Waals surface area contributed by atoms with Gasteiger partial charge in [-0.2, -0.15) is 0 Å². The van der Waals surface area contributed by atoms with Crippen LogP contribution in [0.4, 0.5) is 0 Å². The Morgan fingerprint density at radius 3 is 2.62 bits per heavy atom. The van der Waals surface area contributed by atoms with Crippen LogP contribution in [0.1, 0.15) is 0 Å². The van der Waals surface area contributed by atoms with E-state index in [-0.39, 0.29) is 12.4 Å². The number of aliphatic hydroxyl groups excluding tert-OH is 4. The maximum atomic E-state index is 11.4. The number of hydrogen-bond acceptors (Lipinski definition) is 9. The summed E-state index contributed by atoms with van der Waals surface area (Å²) in [5, 5.41) is 39.8. The van der Waals surface area contributed by atoms with Crippen molar-refractivity contribution in [3.63, 3.8) is 0 Å². The third-order valence-electron chi connectivity index (χ3n) is 4.43. The van der Waals surface area contributed by atoms with Gasteiger partial charge in [0.1, 0.15) is 35.9 Å². The number of hydrogen-bond donors (Lipinski definition) is 5. The van der Waals surface area contributed by atoms with Crippen LogP contribution < -0.4 is 9.47 Å². The average molecular weight is 541 g/mol. The highest BCUT2D eigenvalue weighted by atomic mass is 79.9. The van der Waals surface area contributed by atoms with Crippen LogP contribution in [0.5, 0.6) is 11.5 Å². The maximum Gasteiger partial charge on any atom is 0.343 e. The number of aromatic nitrogens is 1. The molecule has 10 nitrogen and oxygen atoms in total. The number of methoxy groups -OCH3 is 1. The molecule has 2 heterocycles. The number of H-pyrrole nitrogens is 1. The van der Waals surface area contributed by atoms with Crippen molar-refractivity contribution in [3.8, 4) is 11.5 Å². The molecule has 160 valence electrons. The number of fused-ring (bicyclic) bond motifs is 1. The predicted octanol–water partition coefficient (Wildman–Crippen LogP) is 0.423. The van der Waals surface area contributed by atoms with Gasteiger partial charge in [0.15, 0.2) is 6.61 Å². The highest BCUT2D eigenvalue weighted by Gasteiger charge is 2.45. The van der Waals surface area contributed by atoms with Crippen LogP contribution in [-0.4, -0.2) is 82.4 Å². The Kier molecular flexibility index (Phi) is 7.04. The summed E-state index contributed by atoms with van der Waals surface area (Å²) in [6.45, 7) is -0.882. The zero-order valence-corrected chi connectivity index (χ0v) is 18.2. The van der Waals surface area contributed by atoms with E-state index in [1.807, 2.05) is 0 Å². The van der Waals surface area contributed by atoms with Gasteiger partial charge in [0, 0.05) is 6.20 Å². The molecular formula is C17H19Br2NO9. The highest BCUT2D eigenvalue weighted by Crippen LogP contribution is 2.44. The monoisotopic (exact) mass is 539 g/mol. The molecule has 1 aromatic heterocycles. The summed E-state index contributed by atoms with van der Waals surface area (Å²) in [5.74, 6) is 0.00327.